The van der Waals surface area contributed by atoms with Crippen molar-refractivity contribution in [1.82, 2.24) is 5.32 Å². The molecule has 22 heavy (non-hydrogen) atoms. The third kappa shape index (κ3) is 5.34. The summed E-state index contributed by atoms with van der Waals surface area (Å²) in [7, 11) is -3.14. The highest BCUT2D eigenvalue weighted by Gasteiger charge is 2.20. The van der Waals surface area contributed by atoms with Gasteiger partial charge in [-0.2, -0.15) is 0 Å². The lowest BCUT2D eigenvalue weighted by Gasteiger charge is -2.28. The third-order valence-corrected chi connectivity index (χ3v) is 5.01. The Morgan fingerprint density at radius 3 is 2.64 bits per heavy atom. The first-order valence-corrected chi connectivity index (χ1v) is 9.67. The van der Waals surface area contributed by atoms with Crippen LogP contribution in [0, 0.1) is 11.7 Å². The van der Waals surface area contributed by atoms with E-state index < -0.39 is 9.84 Å². The lowest BCUT2D eigenvalue weighted by Crippen LogP contribution is -2.36. The molecule has 124 valence electrons. The maximum absolute atomic E-state index is 13.5. The highest BCUT2D eigenvalue weighted by molar-refractivity contribution is 7.89. The van der Waals surface area contributed by atoms with Gasteiger partial charge in [0.15, 0.2) is 9.84 Å². The number of sulfone groups is 1. The van der Waals surface area contributed by atoms with Gasteiger partial charge in [-0.25, -0.2) is 12.8 Å². The number of nitrogens with one attached hydrogen (secondary N) is 1. The zero-order valence-electron chi connectivity index (χ0n) is 13.1. The molecule has 1 N–H and O–H groups in total. The molecule has 0 saturated carbocycles. The molecular weight excluding hydrogens is 305 g/mol. The molecule has 1 aliphatic heterocycles. The molecule has 6 heteroatoms. The van der Waals surface area contributed by atoms with Gasteiger partial charge in [0.1, 0.15) is 5.82 Å². The molecule has 0 spiro atoms. The molecule has 1 saturated heterocycles. The van der Waals surface area contributed by atoms with E-state index in [1.165, 1.54) is 18.4 Å². The van der Waals surface area contributed by atoms with Crippen LogP contribution < -0.4 is 5.32 Å². The number of halogens is 1. The molecule has 1 fully saturated rings. The zero-order valence-corrected chi connectivity index (χ0v) is 14.0. The van der Waals surface area contributed by atoms with Crippen LogP contribution >= 0.6 is 0 Å². The number of benzene rings is 1. The fourth-order valence-corrected chi connectivity index (χ4v) is 3.68. The Morgan fingerprint density at radius 2 is 2.00 bits per heavy atom. The van der Waals surface area contributed by atoms with Crippen LogP contribution in [0.5, 0.6) is 0 Å². The van der Waals surface area contributed by atoms with Gasteiger partial charge in [-0.3, -0.25) is 0 Å². The van der Waals surface area contributed by atoms with Gasteiger partial charge >= 0.3 is 0 Å². The molecule has 0 aliphatic carbocycles. The van der Waals surface area contributed by atoms with Gasteiger partial charge in [0.2, 0.25) is 0 Å². The van der Waals surface area contributed by atoms with Gasteiger partial charge < -0.3 is 10.1 Å². The first-order chi connectivity index (χ1) is 10.3. The minimum Gasteiger partial charge on any atom is -0.381 e. The minimum absolute atomic E-state index is 0.0596. The van der Waals surface area contributed by atoms with Crippen LogP contribution in [0.1, 0.15) is 30.9 Å². The molecule has 0 radical (unpaired) electrons. The van der Waals surface area contributed by atoms with Crippen LogP contribution in [-0.4, -0.2) is 33.9 Å². The number of hydrogen-bond acceptors (Lipinski definition) is 4. The summed E-state index contributed by atoms with van der Waals surface area (Å²) in [5, 5.41) is 3.40. The molecule has 0 aromatic heterocycles. The second-order valence-electron chi connectivity index (χ2n) is 6.10. The first-order valence-electron chi connectivity index (χ1n) is 7.61. The van der Waals surface area contributed by atoms with Crippen LogP contribution in [-0.2, 0) is 26.9 Å². The van der Waals surface area contributed by atoms with Crippen LogP contribution in [0.2, 0.25) is 0 Å². The lowest BCUT2D eigenvalue weighted by atomic mass is 9.92. The molecule has 1 aliphatic rings. The smallest absolute Gasteiger partial charge is 0.151 e. The Balaban J connectivity index is 2.03. The Morgan fingerprint density at radius 1 is 1.32 bits per heavy atom. The van der Waals surface area contributed by atoms with E-state index in [0.29, 0.717) is 29.6 Å². The topological polar surface area (TPSA) is 55.4 Å². The predicted molar refractivity (Wildman–Crippen MR) is 84.8 cm³/mol. The largest absolute Gasteiger partial charge is 0.381 e. The summed E-state index contributed by atoms with van der Waals surface area (Å²) in [5.41, 5.74) is 1.37. The Hall–Kier alpha value is -0.980. The van der Waals surface area contributed by atoms with Crippen molar-refractivity contribution < 1.29 is 17.5 Å². The van der Waals surface area contributed by atoms with E-state index in [1.807, 2.05) is 0 Å². The quantitative estimate of drug-likeness (QED) is 0.870. The van der Waals surface area contributed by atoms with E-state index >= 15 is 0 Å². The van der Waals surface area contributed by atoms with Crippen molar-refractivity contribution in [3.05, 3.63) is 35.1 Å². The summed E-state index contributed by atoms with van der Waals surface area (Å²) in [6.45, 7) is 4.17. The second-order valence-corrected chi connectivity index (χ2v) is 8.24. The van der Waals surface area contributed by atoms with E-state index in [4.69, 9.17) is 4.74 Å². The average molecular weight is 329 g/mol. The predicted octanol–water partition coefficient (Wildman–Crippen LogP) is 2.28. The molecule has 2 rings (SSSR count). The monoisotopic (exact) mass is 329 g/mol. The number of rotatable bonds is 6. The van der Waals surface area contributed by atoms with Crippen molar-refractivity contribution in [1.29, 1.82) is 0 Å². The summed E-state index contributed by atoms with van der Waals surface area (Å²) in [6.07, 6.45) is 3.24. The van der Waals surface area contributed by atoms with Crippen molar-refractivity contribution in [3.63, 3.8) is 0 Å². The van der Waals surface area contributed by atoms with Crippen LogP contribution in [0.4, 0.5) is 4.39 Å². The summed E-state index contributed by atoms with van der Waals surface area (Å²) in [4.78, 5) is 0. The second kappa shape index (κ2) is 7.53. The minimum atomic E-state index is -3.14. The van der Waals surface area contributed by atoms with Gasteiger partial charge in [-0.05, 0) is 48.9 Å². The molecule has 1 aromatic carbocycles. The average Bonchev–Trinajstić information content (AvgIpc) is 2.47. The third-order valence-electron chi connectivity index (χ3n) is 4.17. The fourth-order valence-electron chi connectivity index (χ4n) is 2.84. The SMILES string of the molecule is C[C@@H](NCc1cc(F)ccc1CS(C)(=O)=O)C1CCOCC1. The Bertz CT molecular complexity index is 597. The van der Waals surface area contributed by atoms with E-state index in [2.05, 4.69) is 12.2 Å². The van der Waals surface area contributed by atoms with E-state index in [1.54, 1.807) is 6.07 Å². The van der Waals surface area contributed by atoms with Crippen molar-refractivity contribution in [2.45, 2.75) is 38.1 Å². The van der Waals surface area contributed by atoms with E-state index in [0.717, 1.165) is 26.1 Å². The van der Waals surface area contributed by atoms with Crippen LogP contribution in [0.25, 0.3) is 0 Å². The maximum atomic E-state index is 13.5. The zero-order chi connectivity index (χ0) is 16.2. The molecule has 0 amide bonds. The van der Waals surface area contributed by atoms with E-state index in [-0.39, 0.29) is 11.6 Å². The summed E-state index contributed by atoms with van der Waals surface area (Å²) >= 11 is 0. The van der Waals surface area contributed by atoms with Gasteiger partial charge in [0.05, 0.1) is 5.75 Å². The normalized spacial score (nSPS) is 18.3. The van der Waals surface area contributed by atoms with Gasteiger partial charge in [-0.15, -0.1) is 0 Å². The molecular formula is C16H24FNO3S. The maximum Gasteiger partial charge on any atom is 0.151 e. The van der Waals surface area contributed by atoms with Crippen molar-refractivity contribution in [2.75, 3.05) is 19.5 Å². The first kappa shape index (κ1) is 17.4. The Labute approximate surface area is 132 Å². The number of hydrogen-bond donors (Lipinski definition) is 1. The van der Waals surface area contributed by atoms with Crippen molar-refractivity contribution >= 4 is 9.84 Å². The van der Waals surface area contributed by atoms with Crippen LogP contribution in [0.15, 0.2) is 18.2 Å². The molecule has 1 heterocycles. The fraction of sp³-hybridized carbons (Fsp3) is 0.625. The van der Waals surface area contributed by atoms with Crippen LogP contribution in [0.3, 0.4) is 0 Å². The Kier molecular flexibility index (Phi) is 5.94. The standard InChI is InChI=1S/C16H24FNO3S/c1-12(13-5-7-21-8-6-13)18-10-15-9-16(17)4-3-14(15)11-22(2,19)20/h3-4,9,12-13,18H,5-8,10-11H2,1-2H3/t12-/m1/s1. The van der Waals surface area contributed by atoms with Crippen molar-refractivity contribution in [3.8, 4) is 0 Å². The highest BCUT2D eigenvalue weighted by Crippen LogP contribution is 2.20. The molecule has 1 atom stereocenters. The molecule has 0 unspecified atom stereocenters. The number of ether oxygens (including phenoxy) is 1. The van der Waals surface area contributed by atoms with Gasteiger partial charge in [-0.1, -0.05) is 6.07 Å². The van der Waals surface area contributed by atoms with E-state index in [9.17, 15) is 12.8 Å². The summed E-state index contributed by atoms with van der Waals surface area (Å²) < 4.78 is 41.8. The van der Waals surface area contributed by atoms with Gasteiger partial charge in [0.25, 0.3) is 0 Å². The van der Waals surface area contributed by atoms with Gasteiger partial charge in [0, 0.05) is 32.1 Å². The molecule has 1 aromatic rings. The highest BCUT2D eigenvalue weighted by atomic mass is 32.2. The molecule has 0 bridgehead atoms. The van der Waals surface area contributed by atoms with Crippen molar-refractivity contribution in [2.24, 2.45) is 5.92 Å². The summed E-state index contributed by atoms with van der Waals surface area (Å²) in [6, 6.07) is 4.58. The lowest BCUT2D eigenvalue weighted by molar-refractivity contribution is 0.0558. The summed E-state index contributed by atoms with van der Waals surface area (Å²) in [5.74, 6) is 0.143. The molecule has 4 nitrogen and oxygen atoms in total.